The van der Waals surface area contributed by atoms with Crippen LogP contribution < -0.4 is 5.43 Å². The number of aromatic nitrogens is 2. The molecule has 3 rings (SSSR count). The number of nitrogens with one attached hydrogen (secondary N) is 2. The molecule has 0 aliphatic heterocycles. The van der Waals surface area contributed by atoms with Crippen molar-refractivity contribution in [1.29, 1.82) is 0 Å². The van der Waals surface area contributed by atoms with E-state index in [2.05, 4.69) is 36.7 Å². The normalized spacial score (nSPS) is 11.1. The number of phenols is 1. The van der Waals surface area contributed by atoms with Gasteiger partial charge in [-0.05, 0) is 37.3 Å². The zero-order chi connectivity index (χ0) is 17.1. The van der Waals surface area contributed by atoms with Crippen LogP contribution >= 0.6 is 15.9 Å². The monoisotopic (exact) mass is 388 g/mol. The van der Waals surface area contributed by atoms with Gasteiger partial charge in [-0.3, -0.25) is 9.89 Å². The van der Waals surface area contributed by atoms with Crippen LogP contribution in [0, 0.1) is 6.92 Å². The van der Waals surface area contributed by atoms with Crippen molar-refractivity contribution in [2.45, 2.75) is 6.92 Å². The molecule has 0 saturated carbocycles. The SMILES string of the molecule is Cc1ccc(-c2cc(C(=O)NN=Cc3cc(Br)ccc3O)n[nH]2)o1. The van der Waals surface area contributed by atoms with Crippen LogP contribution in [0.25, 0.3) is 11.5 Å². The number of aryl methyl sites for hydroxylation is 1. The second-order valence-electron chi connectivity index (χ2n) is 4.98. The summed E-state index contributed by atoms with van der Waals surface area (Å²) in [7, 11) is 0. The Morgan fingerprint density at radius 1 is 1.38 bits per heavy atom. The molecule has 0 fully saturated rings. The van der Waals surface area contributed by atoms with Crippen molar-refractivity contribution in [1.82, 2.24) is 15.6 Å². The first-order valence-corrected chi connectivity index (χ1v) is 7.76. The molecule has 0 radical (unpaired) electrons. The number of benzene rings is 1. The predicted octanol–water partition coefficient (Wildman–Crippen LogP) is 3.21. The Hall–Kier alpha value is -2.87. The molecule has 3 N–H and O–H groups in total. The van der Waals surface area contributed by atoms with Crippen LogP contribution in [-0.4, -0.2) is 27.4 Å². The molecule has 122 valence electrons. The minimum Gasteiger partial charge on any atom is -0.507 e. The number of hydrogen-bond donors (Lipinski definition) is 3. The number of rotatable bonds is 4. The van der Waals surface area contributed by atoms with Gasteiger partial charge in [0.25, 0.3) is 5.91 Å². The lowest BCUT2D eigenvalue weighted by Crippen LogP contribution is -2.18. The number of hydrazone groups is 1. The third-order valence-electron chi connectivity index (χ3n) is 3.18. The molecule has 0 bridgehead atoms. The summed E-state index contributed by atoms with van der Waals surface area (Å²) in [6, 6.07) is 10.1. The first kappa shape index (κ1) is 16.0. The molecule has 0 saturated heterocycles. The molecule has 24 heavy (non-hydrogen) atoms. The molecule has 0 atom stereocenters. The molecule has 3 aromatic rings. The largest absolute Gasteiger partial charge is 0.507 e. The fourth-order valence-corrected chi connectivity index (χ4v) is 2.37. The summed E-state index contributed by atoms with van der Waals surface area (Å²) in [5, 5.41) is 20.2. The number of aromatic amines is 1. The standard InChI is InChI=1S/C16H13BrN4O3/c1-9-2-5-15(24-9)12-7-13(20-19-12)16(23)21-18-8-10-6-11(17)3-4-14(10)22/h2-8,22H,1H3,(H,19,20)(H,21,23). The van der Waals surface area contributed by atoms with E-state index in [1.165, 1.54) is 12.3 Å². The smallest absolute Gasteiger partial charge is 0.291 e. The summed E-state index contributed by atoms with van der Waals surface area (Å²) in [6.45, 7) is 1.83. The summed E-state index contributed by atoms with van der Waals surface area (Å²) in [5.74, 6) is 0.948. The van der Waals surface area contributed by atoms with Gasteiger partial charge in [-0.1, -0.05) is 15.9 Å². The summed E-state index contributed by atoms with van der Waals surface area (Å²) in [5.41, 5.74) is 3.60. The third-order valence-corrected chi connectivity index (χ3v) is 3.67. The lowest BCUT2D eigenvalue weighted by atomic mass is 10.2. The summed E-state index contributed by atoms with van der Waals surface area (Å²) in [4.78, 5) is 12.0. The number of halogens is 1. The van der Waals surface area contributed by atoms with E-state index >= 15 is 0 Å². The number of phenolic OH excluding ortho intramolecular Hbond substituents is 1. The van der Waals surface area contributed by atoms with Gasteiger partial charge < -0.3 is 9.52 Å². The number of amides is 1. The van der Waals surface area contributed by atoms with Crippen molar-refractivity contribution in [3.8, 4) is 17.2 Å². The van der Waals surface area contributed by atoms with Gasteiger partial charge in [0.15, 0.2) is 11.5 Å². The Labute approximate surface area is 145 Å². The Kier molecular flexibility index (Phi) is 4.48. The van der Waals surface area contributed by atoms with Gasteiger partial charge in [-0.25, -0.2) is 5.43 Å². The minimum absolute atomic E-state index is 0.0615. The topological polar surface area (TPSA) is 104 Å². The molecule has 0 aliphatic carbocycles. The maximum absolute atomic E-state index is 12.0. The maximum atomic E-state index is 12.0. The number of nitrogens with zero attached hydrogens (tertiary/aromatic N) is 2. The molecule has 0 unspecified atom stereocenters. The molecule has 2 aromatic heterocycles. The molecule has 0 spiro atoms. The van der Waals surface area contributed by atoms with Crippen LogP contribution in [0.3, 0.4) is 0 Å². The van der Waals surface area contributed by atoms with E-state index in [1.54, 1.807) is 24.3 Å². The van der Waals surface area contributed by atoms with Gasteiger partial charge in [-0.15, -0.1) is 0 Å². The van der Waals surface area contributed by atoms with E-state index in [0.29, 0.717) is 17.0 Å². The molecule has 8 heteroatoms. The number of hydrogen-bond acceptors (Lipinski definition) is 5. The summed E-state index contributed by atoms with van der Waals surface area (Å²) in [6.07, 6.45) is 1.35. The highest BCUT2D eigenvalue weighted by Gasteiger charge is 2.12. The van der Waals surface area contributed by atoms with Crippen molar-refractivity contribution in [2.24, 2.45) is 5.10 Å². The molecule has 2 heterocycles. The van der Waals surface area contributed by atoms with Gasteiger partial charge in [0.05, 0.1) is 6.21 Å². The quantitative estimate of drug-likeness (QED) is 0.471. The van der Waals surface area contributed by atoms with E-state index < -0.39 is 5.91 Å². The van der Waals surface area contributed by atoms with Crippen molar-refractivity contribution in [3.05, 3.63) is 57.9 Å². The fraction of sp³-hybridized carbons (Fsp3) is 0.0625. The average Bonchev–Trinajstić information content (AvgIpc) is 3.19. The van der Waals surface area contributed by atoms with Crippen LogP contribution in [0.4, 0.5) is 0 Å². The van der Waals surface area contributed by atoms with Crippen molar-refractivity contribution in [2.75, 3.05) is 0 Å². The Bertz CT molecular complexity index is 914. The molecule has 0 aliphatic rings. The van der Waals surface area contributed by atoms with E-state index in [-0.39, 0.29) is 11.4 Å². The van der Waals surface area contributed by atoms with Crippen LogP contribution in [0.1, 0.15) is 21.8 Å². The van der Waals surface area contributed by atoms with Gasteiger partial charge in [0, 0.05) is 16.1 Å². The minimum atomic E-state index is -0.480. The Balaban J connectivity index is 1.68. The number of carbonyl (C=O) groups is 1. The maximum Gasteiger partial charge on any atom is 0.291 e. The molecule has 1 aromatic carbocycles. The highest BCUT2D eigenvalue weighted by molar-refractivity contribution is 9.10. The van der Waals surface area contributed by atoms with Crippen molar-refractivity contribution < 1.29 is 14.3 Å². The van der Waals surface area contributed by atoms with Gasteiger partial charge in [0.2, 0.25) is 0 Å². The van der Waals surface area contributed by atoms with Gasteiger partial charge in [-0.2, -0.15) is 10.2 Å². The first-order chi connectivity index (χ1) is 11.5. The van der Waals surface area contributed by atoms with Crippen molar-refractivity contribution in [3.63, 3.8) is 0 Å². The number of H-pyrrole nitrogens is 1. The molecular weight excluding hydrogens is 376 g/mol. The second-order valence-corrected chi connectivity index (χ2v) is 5.90. The fourth-order valence-electron chi connectivity index (χ4n) is 1.99. The summed E-state index contributed by atoms with van der Waals surface area (Å²) >= 11 is 3.30. The number of furan rings is 1. The predicted molar refractivity (Wildman–Crippen MR) is 91.9 cm³/mol. The van der Waals surface area contributed by atoms with E-state index in [9.17, 15) is 9.90 Å². The van der Waals surface area contributed by atoms with Crippen LogP contribution in [0.15, 0.2) is 50.4 Å². The van der Waals surface area contributed by atoms with Gasteiger partial charge in [0.1, 0.15) is 17.2 Å². The first-order valence-electron chi connectivity index (χ1n) is 6.97. The Morgan fingerprint density at radius 3 is 2.96 bits per heavy atom. The zero-order valence-electron chi connectivity index (χ0n) is 12.6. The molecule has 7 nitrogen and oxygen atoms in total. The van der Waals surface area contributed by atoms with Crippen molar-refractivity contribution >= 4 is 28.1 Å². The third kappa shape index (κ3) is 3.54. The lowest BCUT2D eigenvalue weighted by Gasteiger charge is -1.99. The average molecular weight is 389 g/mol. The molecular formula is C16H13BrN4O3. The summed E-state index contributed by atoms with van der Waals surface area (Å²) < 4.78 is 6.25. The highest BCUT2D eigenvalue weighted by atomic mass is 79.9. The van der Waals surface area contributed by atoms with E-state index in [1.807, 2.05) is 13.0 Å². The van der Waals surface area contributed by atoms with Crippen LogP contribution in [0.2, 0.25) is 0 Å². The van der Waals surface area contributed by atoms with Gasteiger partial charge >= 0.3 is 0 Å². The van der Waals surface area contributed by atoms with Crippen LogP contribution in [-0.2, 0) is 0 Å². The van der Waals surface area contributed by atoms with E-state index in [4.69, 9.17) is 4.42 Å². The Morgan fingerprint density at radius 2 is 2.21 bits per heavy atom. The lowest BCUT2D eigenvalue weighted by molar-refractivity contribution is 0.0950. The molecule has 1 amide bonds. The van der Waals surface area contributed by atoms with E-state index in [0.717, 1.165) is 10.2 Å². The number of carbonyl (C=O) groups excluding carboxylic acids is 1. The second kappa shape index (κ2) is 6.71. The zero-order valence-corrected chi connectivity index (χ0v) is 14.2. The number of aromatic hydroxyl groups is 1. The van der Waals surface area contributed by atoms with Crippen LogP contribution in [0.5, 0.6) is 5.75 Å². The highest BCUT2D eigenvalue weighted by Crippen LogP contribution is 2.21.